The molecule has 0 unspecified atom stereocenters. The molecule has 0 aliphatic rings. The maximum atomic E-state index is 12.7. The van der Waals surface area contributed by atoms with Crippen LogP contribution in [0.5, 0.6) is 0 Å². The Bertz CT molecular complexity index is 844. The highest BCUT2D eigenvalue weighted by Crippen LogP contribution is 2.30. The van der Waals surface area contributed by atoms with Crippen LogP contribution in [0.4, 0.5) is 13.2 Å². The van der Waals surface area contributed by atoms with Crippen molar-refractivity contribution in [2.45, 2.75) is 25.4 Å². The lowest BCUT2D eigenvalue weighted by Crippen LogP contribution is -2.37. The van der Waals surface area contributed by atoms with Gasteiger partial charge in [0.25, 0.3) is 0 Å². The molecule has 0 spiro atoms. The minimum absolute atomic E-state index is 0.0899. The van der Waals surface area contributed by atoms with Crippen molar-refractivity contribution in [1.29, 1.82) is 0 Å². The van der Waals surface area contributed by atoms with E-state index in [9.17, 15) is 27.9 Å². The number of rotatable bonds is 5. The molecule has 1 aromatic heterocycles. The van der Waals surface area contributed by atoms with Crippen LogP contribution in [-0.2, 0) is 17.9 Å². The van der Waals surface area contributed by atoms with Crippen LogP contribution in [0.3, 0.4) is 0 Å². The summed E-state index contributed by atoms with van der Waals surface area (Å²) in [7, 11) is 0. The molecule has 1 heterocycles. The predicted octanol–water partition coefficient (Wildman–Crippen LogP) is 2.03. The third-order valence-electron chi connectivity index (χ3n) is 3.33. The van der Waals surface area contributed by atoms with Gasteiger partial charge in [-0.15, -0.1) is 0 Å². The molecular formula is C14H12Cl2F3N3O3. The summed E-state index contributed by atoms with van der Waals surface area (Å²) in [6.45, 7) is -1.71. The van der Waals surface area contributed by atoms with E-state index in [2.05, 4.69) is 0 Å². The normalized spacial score (nSPS) is 13.0. The fraction of sp³-hybridized carbons (Fsp3) is 0.286. The van der Waals surface area contributed by atoms with Crippen LogP contribution in [0.15, 0.2) is 29.1 Å². The molecule has 1 atom stereocenters. The van der Waals surface area contributed by atoms with E-state index < -0.39 is 37.0 Å². The Labute approximate surface area is 149 Å². The van der Waals surface area contributed by atoms with E-state index in [0.29, 0.717) is 9.59 Å². The number of alkyl halides is 3. The molecule has 0 saturated carbocycles. The lowest BCUT2D eigenvalue weighted by Gasteiger charge is -2.16. The van der Waals surface area contributed by atoms with E-state index in [1.54, 1.807) is 0 Å². The van der Waals surface area contributed by atoms with Crippen molar-refractivity contribution < 1.29 is 23.1 Å². The summed E-state index contributed by atoms with van der Waals surface area (Å²) < 4.78 is 39.4. The fourth-order valence-electron chi connectivity index (χ4n) is 2.19. The molecule has 25 heavy (non-hydrogen) atoms. The van der Waals surface area contributed by atoms with Crippen molar-refractivity contribution >= 4 is 29.1 Å². The van der Waals surface area contributed by atoms with Crippen molar-refractivity contribution in [2.24, 2.45) is 5.73 Å². The number of benzene rings is 1. The molecule has 0 aliphatic heterocycles. The van der Waals surface area contributed by atoms with Crippen molar-refractivity contribution in [3.8, 4) is 11.3 Å². The molecule has 3 N–H and O–H groups in total. The molecule has 2 aromatic rings. The van der Waals surface area contributed by atoms with Crippen LogP contribution >= 0.6 is 23.2 Å². The van der Waals surface area contributed by atoms with Gasteiger partial charge in [0.05, 0.1) is 12.2 Å². The summed E-state index contributed by atoms with van der Waals surface area (Å²) in [6, 6.07) is 5.78. The molecule has 1 aromatic carbocycles. The largest absolute Gasteiger partial charge is 0.416 e. The van der Waals surface area contributed by atoms with Gasteiger partial charge in [-0.2, -0.15) is 13.2 Å². The van der Waals surface area contributed by atoms with Gasteiger partial charge in [0, 0.05) is 10.6 Å². The Morgan fingerprint density at radius 1 is 1.20 bits per heavy atom. The van der Waals surface area contributed by atoms with Gasteiger partial charge < -0.3 is 10.8 Å². The molecule has 1 amide bonds. The minimum Gasteiger partial charge on any atom is -0.382 e. The number of hydrogen-bond acceptors (Lipinski definition) is 3. The Balaban J connectivity index is 2.64. The quantitative estimate of drug-likeness (QED) is 0.808. The number of imidazole rings is 1. The minimum atomic E-state index is -4.94. The van der Waals surface area contributed by atoms with Crippen molar-refractivity contribution in [3.05, 3.63) is 44.9 Å². The maximum Gasteiger partial charge on any atom is 0.416 e. The lowest BCUT2D eigenvalue weighted by atomic mass is 10.1. The third-order valence-corrected chi connectivity index (χ3v) is 3.96. The average molecular weight is 398 g/mol. The van der Waals surface area contributed by atoms with Gasteiger partial charge in [-0.1, -0.05) is 35.3 Å². The number of carbonyl (C=O) groups is 1. The first-order valence-electron chi connectivity index (χ1n) is 6.80. The third kappa shape index (κ3) is 4.17. The molecule has 136 valence electrons. The fourth-order valence-corrected chi connectivity index (χ4v) is 2.66. The first-order chi connectivity index (χ1) is 11.5. The predicted molar refractivity (Wildman–Crippen MR) is 85.4 cm³/mol. The molecule has 0 saturated heterocycles. The van der Waals surface area contributed by atoms with Crippen molar-refractivity contribution in [3.63, 3.8) is 0 Å². The first kappa shape index (κ1) is 19.4. The van der Waals surface area contributed by atoms with Crippen LogP contribution in [0.25, 0.3) is 11.3 Å². The second-order valence-electron chi connectivity index (χ2n) is 5.15. The molecule has 2 rings (SSSR count). The SMILES string of the molecule is NC(=O)Cn1c(Cl)c(-c2ccc(Cl)cc2)n(C[C@H](O)C(F)(F)F)c1=O. The van der Waals surface area contributed by atoms with Crippen LogP contribution in [-0.4, -0.2) is 32.4 Å². The number of aliphatic hydroxyl groups excluding tert-OH is 1. The van der Waals surface area contributed by atoms with Gasteiger partial charge in [-0.25, -0.2) is 4.79 Å². The number of carbonyl (C=O) groups excluding carboxylic acids is 1. The Kier molecular flexibility index (Phi) is 5.50. The van der Waals surface area contributed by atoms with Crippen LogP contribution in [0, 0.1) is 0 Å². The smallest absolute Gasteiger partial charge is 0.382 e. The molecule has 0 bridgehead atoms. The highest BCUT2D eigenvalue weighted by atomic mass is 35.5. The Morgan fingerprint density at radius 3 is 2.24 bits per heavy atom. The standard InChI is InChI=1S/C14H12Cl2F3N3O3/c15-8-3-1-7(2-4-8)11-12(16)22(6-10(20)24)13(25)21(11)5-9(23)14(17,18)19/h1-4,9,23H,5-6H2,(H2,20,24)/t9-/m0/s1. The van der Waals surface area contributed by atoms with E-state index in [-0.39, 0.29) is 16.4 Å². The van der Waals surface area contributed by atoms with E-state index in [0.717, 1.165) is 4.57 Å². The number of primary amides is 1. The van der Waals surface area contributed by atoms with Gasteiger partial charge in [0.2, 0.25) is 5.91 Å². The van der Waals surface area contributed by atoms with Crippen LogP contribution in [0.1, 0.15) is 0 Å². The molecular weight excluding hydrogens is 386 g/mol. The molecule has 0 aliphatic carbocycles. The molecule has 0 fully saturated rings. The van der Waals surface area contributed by atoms with E-state index >= 15 is 0 Å². The van der Waals surface area contributed by atoms with E-state index in [1.807, 2.05) is 0 Å². The van der Waals surface area contributed by atoms with Gasteiger partial charge in [0.15, 0.2) is 6.10 Å². The van der Waals surface area contributed by atoms with Crippen LogP contribution < -0.4 is 11.4 Å². The highest BCUT2D eigenvalue weighted by Gasteiger charge is 2.39. The van der Waals surface area contributed by atoms with Crippen LogP contribution in [0.2, 0.25) is 10.2 Å². The lowest BCUT2D eigenvalue weighted by molar-refractivity contribution is -0.207. The maximum absolute atomic E-state index is 12.7. The summed E-state index contributed by atoms with van der Waals surface area (Å²) in [5.74, 6) is -0.903. The van der Waals surface area contributed by atoms with Gasteiger partial charge in [-0.3, -0.25) is 13.9 Å². The monoisotopic (exact) mass is 397 g/mol. The van der Waals surface area contributed by atoms with E-state index in [4.69, 9.17) is 28.9 Å². The molecule has 11 heteroatoms. The number of nitrogens with zero attached hydrogens (tertiary/aromatic N) is 2. The van der Waals surface area contributed by atoms with Gasteiger partial charge in [-0.05, 0) is 12.1 Å². The number of aliphatic hydroxyl groups is 1. The number of halogens is 5. The Hall–Kier alpha value is -1.97. The topological polar surface area (TPSA) is 90.2 Å². The first-order valence-corrected chi connectivity index (χ1v) is 7.55. The second kappa shape index (κ2) is 7.11. The zero-order valence-corrected chi connectivity index (χ0v) is 13.9. The molecule has 0 radical (unpaired) electrons. The number of hydrogen-bond donors (Lipinski definition) is 2. The van der Waals surface area contributed by atoms with Gasteiger partial charge >= 0.3 is 11.9 Å². The summed E-state index contributed by atoms with van der Waals surface area (Å²) in [5, 5.41) is 9.40. The highest BCUT2D eigenvalue weighted by molar-refractivity contribution is 6.32. The number of nitrogens with two attached hydrogens (primary N) is 1. The van der Waals surface area contributed by atoms with Gasteiger partial charge in [0.1, 0.15) is 11.7 Å². The summed E-state index contributed by atoms with van der Waals surface area (Å²) in [6.07, 6.45) is -7.73. The number of amides is 1. The summed E-state index contributed by atoms with van der Waals surface area (Å²) in [5.41, 5.74) is 4.23. The zero-order valence-electron chi connectivity index (χ0n) is 12.4. The zero-order chi connectivity index (χ0) is 18.9. The second-order valence-corrected chi connectivity index (χ2v) is 5.94. The number of aromatic nitrogens is 2. The molecule has 6 nitrogen and oxygen atoms in total. The van der Waals surface area contributed by atoms with Crippen molar-refractivity contribution in [2.75, 3.05) is 0 Å². The Morgan fingerprint density at radius 2 is 1.76 bits per heavy atom. The average Bonchev–Trinajstić information content (AvgIpc) is 2.72. The summed E-state index contributed by atoms with van der Waals surface area (Å²) in [4.78, 5) is 23.5. The van der Waals surface area contributed by atoms with E-state index in [1.165, 1.54) is 24.3 Å². The van der Waals surface area contributed by atoms with Crippen molar-refractivity contribution in [1.82, 2.24) is 9.13 Å². The summed E-state index contributed by atoms with van der Waals surface area (Å²) >= 11 is 11.9.